The molecule has 0 spiro atoms. The fourth-order valence-corrected chi connectivity index (χ4v) is 4.44. The molecule has 1 saturated heterocycles. The van der Waals surface area contributed by atoms with E-state index < -0.39 is 0 Å². The number of aromatic nitrogens is 3. The third-order valence-electron chi connectivity index (χ3n) is 5.92. The van der Waals surface area contributed by atoms with Gasteiger partial charge in [0.05, 0.1) is 23.7 Å². The van der Waals surface area contributed by atoms with E-state index in [1.165, 1.54) is 4.90 Å². The first-order valence-electron chi connectivity index (χ1n) is 10.4. The molecular formula is C23H26ClN5O2. The quantitative estimate of drug-likeness (QED) is 0.669. The summed E-state index contributed by atoms with van der Waals surface area (Å²) in [6.07, 6.45) is 3.58. The second-order valence-corrected chi connectivity index (χ2v) is 8.70. The van der Waals surface area contributed by atoms with Gasteiger partial charge in [-0.05, 0) is 50.5 Å². The molecule has 7 nitrogen and oxygen atoms in total. The van der Waals surface area contributed by atoms with Gasteiger partial charge in [0.15, 0.2) is 5.82 Å². The summed E-state index contributed by atoms with van der Waals surface area (Å²) in [6.45, 7) is 4.46. The molecule has 2 amide bonds. The number of likely N-dealkylation sites (tertiary alicyclic amines) is 1. The van der Waals surface area contributed by atoms with Crippen molar-refractivity contribution in [3.63, 3.8) is 0 Å². The molecule has 1 fully saturated rings. The van der Waals surface area contributed by atoms with Crippen molar-refractivity contribution in [3.05, 3.63) is 57.8 Å². The van der Waals surface area contributed by atoms with Crippen molar-refractivity contribution in [2.45, 2.75) is 39.2 Å². The third-order valence-corrected chi connectivity index (χ3v) is 6.15. The van der Waals surface area contributed by atoms with E-state index in [2.05, 4.69) is 15.0 Å². The lowest BCUT2D eigenvalue weighted by Gasteiger charge is -2.24. The highest BCUT2D eigenvalue weighted by molar-refractivity contribution is 6.31. The molecular weight excluding hydrogens is 414 g/mol. The number of carbonyl (C=O) groups excluding carboxylic acids is 2. The van der Waals surface area contributed by atoms with Crippen molar-refractivity contribution in [3.8, 4) is 0 Å². The molecule has 0 bridgehead atoms. The van der Waals surface area contributed by atoms with E-state index in [9.17, 15) is 9.59 Å². The number of fused-ring (bicyclic) bond motifs is 1. The SMILES string of the molecule is Cc1nc([C@@H]2CCCN2C(=O)Cc2c(C)[nH]c3ccc(Cl)cc23)ncc1C(=O)N(C)C. The van der Waals surface area contributed by atoms with Crippen LogP contribution in [0.4, 0.5) is 0 Å². The van der Waals surface area contributed by atoms with Gasteiger partial charge in [-0.15, -0.1) is 0 Å². The number of H-pyrrole nitrogens is 1. The fourth-order valence-electron chi connectivity index (χ4n) is 4.27. The molecule has 162 valence electrons. The summed E-state index contributed by atoms with van der Waals surface area (Å²) in [6, 6.07) is 5.50. The molecule has 1 N–H and O–H groups in total. The Bertz CT molecular complexity index is 1170. The normalized spacial score (nSPS) is 16.2. The Balaban J connectivity index is 1.59. The highest BCUT2D eigenvalue weighted by Gasteiger charge is 2.33. The number of nitrogens with one attached hydrogen (secondary N) is 1. The molecule has 0 radical (unpaired) electrons. The van der Waals surface area contributed by atoms with Gasteiger partial charge >= 0.3 is 0 Å². The highest BCUT2D eigenvalue weighted by Crippen LogP contribution is 2.32. The van der Waals surface area contributed by atoms with Gasteiger partial charge in [0, 0.05) is 48.5 Å². The van der Waals surface area contributed by atoms with Gasteiger partial charge in [0.25, 0.3) is 5.91 Å². The summed E-state index contributed by atoms with van der Waals surface area (Å²) in [4.78, 5) is 41.3. The number of benzene rings is 1. The van der Waals surface area contributed by atoms with E-state index in [1.54, 1.807) is 20.3 Å². The minimum atomic E-state index is -0.177. The second kappa shape index (κ2) is 8.30. The van der Waals surface area contributed by atoms with Crippen LogP contribution < -0.4 is 0 Å². The Morgan fingerprint density at radius 3 is 2.77 bits per heavy atom. The van der Waals surface area contributed by atoms with E-state index in [0.29, 0.717) is 35.1 Å². The van der Waals surface area contributed by atoms with Crippen molar-refractivity contribution in [1.82, 2.24) is 24.8 Å². The van der Waals surface area contributed by atoms with Gasteiger partial charge in [-0.25, -0.2) is 9.97 Å². The molecule has 1 aliphatic heterocycles. The number of carbonyl (C=O) groups is 2. The predicted molar refractivity (Wildman–Crippen MR) is 120 cm³/mol. The molecule has 0 saturated carbocycles. The standard InChI is InChI=1S/C23H26ClN5O2/c1-13-16(17-10-15(24)7-8-19(17)26-13)11-21(30)29-9-5-6-20(29)22-25-12-18(14(2)27-22)23(31)28(3)4/h7-8,10,12,20,26H,5-6,9,11H2,1-4H3/t20-/m0/s1. The van der Waals surface area contributed by atoms with Crippen LogP contribution in [-0.2, 0) is 11.2 Å². The van der Waals surface area contributed by atoms with Gasteiger partial charge in [0.2, 0.25) is 5.91 Å². The number of nitrogens with zero attached hydrogens (tertiary/aromatic N) is 4. The molecule has 1 atom stereocenters. The van der Waals surface area contributed by atoms with Crippen LogP contribution in [0, 0.1) is 13.8 Å². The first kappa shape index (κ1) is 21.3. The summed E-state index contributed by atoms with van der Waals surface area (Å²) >= 11 is 6.18. The molecule has 0 unspecified atom stereocenters. The average molecular weight is 440 g/mol. The predicted octanol–water partition coefficient (Wildman–Crippen LogP) is 3.84. The van der Waals surface area contributed by atoms with Crippen LogP contribution in [0.3, 0.4) is 0 Å². The van der Waals surface area contributed by atoms with Crippen molar-refractivity contribution < 1.29 is 9.59 Å². The minimum absolute atomic E-state index is 0.0428. The van der Waals surface area contributed by atoms with Gasteiger partial charge in [0.1, 0.15) is 0 Å². The maximum atomic E-state index is 13.3. The lowest BCUT2D eigenvalue weighted by molar-refractivity contribution is -0.131. The number of amides is 2. The van der Waals surface area contributed by atoms with Crippen LogP contribution in [0.2, 0.25) is 5.02 Å². The second-order valence-electron chi connectivity index (χ2n) is 8.27. The van der Waals surface area contributed by atoms with Gasteiger partial charge < -0.3 is 14.8 Å². The van der Waals surface area contributed by atoms with Crippen LogP contribution in [0.15, 0.2) is 24.4 Å². The van der Waals surface area contributed by atoms with Crippen molar-refractivity contribution in [1.29, 1.82) is 0 Å². The van der Waals surface area contributed by atoms with Crippen LogP contribution in [0.25, 0.3) is 10.9 Å². The largest absolute Gasteiger partial charge is 0.358 e. The molecule has 3 heterocycles. The van der Waals surface area contributed by atoms with E-state index in [0.717, 1.165) is 35.0 Å². The lowest BCUT2D eigenvalue weighted by Crippen LogP contribution is -2.33. The summed E-state index contributed by atoms with van der Waals surface area (Å²) in [7, 11) is 3.40. The van der Waals surface area contributed by atoms with Crippen LogP contribution in [0.5, 0.6) is 0 Å². The number of rotatable bonds is 4. The Labute approximate surface area is 186 Å². The van der Waals surface area contributed by atoms with Crippen LogP contribution in [-0.4, -0.2) is 57.2 Å². The molecule has 0 aliphatic carbocycles. The van der Waals surface area contributed by atoms with E-state index in [4.69, 9.17) is 11.6 Å². The van der Waals surface area contributed by atoms with Crippen LogP contribution in [0.1, 0.15) is 52.0 Å². The molecule has 1 aliphatic rings. The third kappa shape index (κ3) is 4.02. The van der Waals surface area contributed by atoms with E-state index in [-0.39, 0.29) is 17.9 Å². The van der Waals surface area contributed by atoms with E-state index >= 15 is 0 Å². The first-order chi connectivity index (χ1) is 14.8. The lowest BCUT2D eigenvalue weighted by atomic mass is 10.1. The summed E-state index contributed by atoms with van der Waals surface area (Å²) < 4.78 is 0. The number of hydrogen-bond acceptors (Lipinski definition) is 4. The topological polar surface area (TPSA) is 82.2 Å². The maximum Gasteiger partial charge on any atom is 0.256 e. The Morgan fingerprint density at radius 1 is 1.29 bits per heavy atom. The first-order valence-corrected chi connectivity index (χ1v) is 10.8. The molecule has 2 aromatic heterocycles. The Morgan fingerprint density at radius 2 is 2.06 bits per heavy atom. The van der Waals surface area contributed by atoms with Crippen molar-refractivity contribution in [2.24, 2.45) is 0 Å². The zero-order chi connectivity index (χ0) is 22.3. The fraction of sp³-hybridized carbons (Fsp3) is 0.391. The summed E-state index contributed by atoms with van der Waals surface area (Å²) in [5.74, 6) is 0.510. The zero-order valence-electron chi connectivity index (χ0n) is 18.2. The van der Waals surface area contributed by atoms with Crippen molar-refractivity contribution in [2.75, 3.05) is 20.6 Å². The van der Waals surface area contributed by atoms with Crippen molar-refractivity contribution >= 4 is 34.3 Å². The van der Waals surface area contributed by atoms with E-state index in [1.807, 2.05) is 36.9 Å². The Hall–Kier alpha value is -2.93. The summed E-state index contributed by atoms with van der Waals surface area (Å²) in [5, 5.41) is 1.63. The molecule has 4 rings (SSSR count). The maximum absolute atomic E-state index is 13.3. The highest BCUT2D eigenvalue weighted by atomic mass is 35.5. The van der Waals surface area contributed by atoms with Gasteiger partial charge in [-0.3, -0.25) is 9.59 Å². The molecule has 1 aromatic carbocycles. The smallest absolute Gasteiger partial charge is 0.256 e. The molecule has 8 heteroatoms. The summed E-state index contributed by atoms with van der Waals surface area (Å²) in [5.41, 5.74) is 4.03. The zero-order valence-corrected chi connectivity index (χ0v) is 19.0. The number of aryl methyl sites for hydroxylation is 2. The van der Waals surface area contributed by atoms with Gasteiger partial charge in [-0.2, -0.15) is 0 Å². The number of hydrogen-bond donors (Lipinski definition) is 1. The molecule has 3 aromatic rings. The average Bonchev–Trinajstić information content (AvgIpc) is 3.33. The number of aromatic amines is 1. The Kier molecular flexibility index (Phi) is 5.71. The van der Waals surface area contributed by atoms with Crippen LogP contribution >= 0.6 is 11.6 Å². The molecule has 31 heavy (non-hydrogen) atoms. The monoisotopic (exact) mass is 439 g/mol. The van der Waals surface area contributed by atoms with Gasteiger partial charge in [-0.1, -0.05) is 11.6 Å². The minimum Gasteiger partial charge on any atom is -0.358 e. The number of halogens is 1.